The van der Waals surface area contributed by atoms with Gasteiger partial charge in [0.15, 0.2) is 0 Å². The molecule has 4 fully saturated rings. The molecule has 1 N–H and O–H groups in total. The number of nitrogens with zero attached hydrogens (tertiary/aromatic N) is 1. The Labute approximate surface area is 120 Å². The van der Waals surface area contributed by atoms with Crippen molar-refractivity contribution in [3.8, 4) is 5.75 Å². The highest BCUT2D eigenvalue weighted by Gasteiger charge is 2.54. The van der Waals surface area contributed by atoms with Gasteiger partial charge in [0.1, 0.15) is 17.5 Å². The predicted molar refractivity (Wildman–Crippen MR) is 76.4 cm³/mol. The number of hydrogen-bond acceptors (Lipinski definition) is 3. The Morgan fingerprint density at radius 2 is 1.80 bits per heavy atom. The molecule has 3 heteroatoms. The van der Waals surface area contributed by atoms with Gasteiger partial charge in [0.25, 0.3) is 0 Å². The Hall–Kier alpha value is -1.09. The molecule has 1 heterocycles. The maximum atomic E-state index is 11.1. The fraction of sp³-hybridized carbons (Fsp3) is 0.706. The number of hydrogen-bond donors (Lipinski definition) is 1. The van der Waals surface area contributed by atoms with Crippen LogP contribution in [0, 0.1) is 23.2 Å². The third-order valence-corrected chi connectivity index (χ3v) is 5.94. The van der Waals surface area contributed by atoms with Gasteiger partial charge in [-0.2, -0.15) is 0 Å². The van der Waals surface area contributed by atoms with Crippen molar-refractivity contribution in [2.45, 2.75) is 44.6 Å². The third-order valence-electron chi connectivity index (χ3n) is 5.94. The number of rotatable bonds is 3. The van der Waals surface area contributed by atoms with Crippen LogP contribution in [-0.2, 0) is 0 Å². The normalized spacial score (nSPS) is 39.8. The summed E-state index contributed by atoms with van der Waals surface area (Å²) >= 11 is 0. The lowest BCUT2D eigenvalue weighted by Gasteiger charge is -2.58. The zero-order valence-corrected chi connectivity index (χ0v) is 12.1. The monoisotopic (exact) mass is 273 g/mol. The predicted octanol–water partition coefficient (Wildman–Crippen LogP) is 3.34. The van der Waals surface area contributed by atoms with Crippen molar-refractivity contribution < 1.29 is 9.84 Å². The van der Waals surface area contributed by atoms with Gasteiger partial charge < -0.3 is 9.84 Å². The Bertz CT molecular complexity index is 478. The van der Waals surface area contributed by atoms with Crippen LogP contribution < -0.4 is 4.74 Å². The smallest absolute Gasteiger partial charge is 0.143 e. The molecule has 0 aliphatic heterocycles. The zero-order valence-electron chi connectivity index (χ0n) is 12.1. The second-order valence-corrected chi connectivity index (χ2v) is 7.27. The minimum atomic E-state index is -0.466. The lowest BCUT2D eigenvalue weighted by atomic mass is 9.48. The van der Waals surface area contributed by atoms with E-state index in [9.17, 15) is 5.11 Å². The van der Waals surface area contributed by atoms with E-state index in [2.05, 4.69) is 4.98 Å². The molecule has 1 aromatic heterocycles. The molecule has 0 amide bonds. The first-order valence-electron chi connectivity index (χ1n) is 7.87. The molecule has 0 aromatic carbocycles. The van der Waals surface area contributed by atoms with E-state index in [-0.39, 0.29) is 5.41 Å². The first kappa shape index (κ1) is 12.6. The summed E-state index contributed by atoms with van der Waals surface area (Å²) in [5.74, 6) is 3.25. The highest BCUT2D eigenvalue weighted by Crippen LogP contribution is 2.64. The van der Waals surface area contributed by atoms with Crippen LogP contribution in [0.25, 0.3) is 0 Å². The van der Waals surface area contributed by atoms with Crippen LogP contribution in [0.5, 0.6) is 5.75 Å². The van der Waals surface area contributed by atoms with E-state index in [1.165, 1.54) is 38.5 Å². The quantitative estimate of drug-likeness (QED) is 0.918. The maximum Gasteiger partial charge on any atom is 0.143 e. The van der Waals surface area contributed by atoms with Crippen LogP contribution in [0.2, 0.25) is 0 Å². The average molecular weight is 273 g/mol. The molecule has 20 heavy (non-hydrogen) atoms. The molecular formula is C17H23NO2. The van der Waals surface area contributed by atoms with Crippen molar-refractivity contribution >= 4 is 0 Å². The molecule has 4 aliphatic carbocycles. The standard InChI is InChI=1S/C17H23NO2/c1-20-14-3-2-4-18-15(14)16(19)17-8-11-5-12(9-17)7-13(6-11)10-17/h2-4,11-13,16,19H,5-10H2,1H3. The Morgan fingerprint density at radius 3 is 2.35 bits per heavy atom. The zero-order chi connectivity index (χ0) is 13.7. The minimum Gasteiger partial charge on any atom is -0.495 e. The molecule has 0 spiro atoms. The molecule has 3 nitrogen and oxygen atoms in total. The second-order valence-electron chi connectivity index (χ2n) is 7.27. The van der Waals surface area contributed by atoms with Gasteiger partial charge in [-0.3, -0.25) is 4.98 Å². The Kier molecular flexibility index (Phi) is 2.81. The molecule has 108 valence electrons. The molecule has 0 saturated heterocycles. The number of aromatic nitrogens is 1. The number of aliphatic hydroxyl groups excluding tert-OH is 1. The first-order chi connectivity index (χ1) is 9.70. The van der Waals surface area contributed by atoms with Gasteiger partial charge in [-0.1, -0.05) is 0 Å². The number of ether oxygens (including phenoxy) is 1. The summed E-state index contributed by atoms with van der Waals surface area (Å²) in [6.45, 7) is 0. The van der Waals surface area contributed by atoms with Crippen molar-refractivity contribution in [3.63, 3.8) is 0 Å². The van der Waals surface area contributed by atoms with E-state index in [4.69, 9.17) is 4.74 Å². The summed E-state index contributed by atoms with van der Waals surface area (Å²) < 4.78 is 5.41. The molecule has 4 aliphatic rings. The van der Waals surface area contributed by atoms with Crippen LogP contribution >= 0.6 is 0 Å². The van der Waals surface area contributed by atoms with E-state index in [0.29, 0.717) is 0 Å². The van der Waals surface area contributed by atoms with Crippen molar-refractivity contribution in [2.24, 2.45) is 23.2 Å². The van der Waals surface area contributed by atoms with Gasteiger partial charge in [0, 0.05) is 11.6 Å². The Morgan fingerprint density at radius 1 is 1.20 bits per heavy atom. The van der Waals surface area contributed by atoms with Crippen molar-refractivity contribution in [1.29, 1.82) is 0 Å². The molecular weight excluding hydrogens is 250 g/mol. The van der Waals surface area contributed by atoms with Crippen molar-refractivity contribution in [3.05, 3.63) is 24.0 Å². The van der Waals surface area contributed by atoms with Crippen LogP contribution in [0.3, 0.4) is 0 Å². The van der Waals surface area contributed by atoms with E-state index in [1.54, 1.807) is 13.3 Å². The summed E-state index contributed by atoms with van der Waals surface area (Å²) in [5.41, 5.74) is 0.813. The summed E-state index contributed by atoms with van der Waals surface area (Å²) in [5, 5.41) is 11.1. The average Bonchev–Trinajstić information content (AvgIpc) is 2.45. The van der Waals surface area contributed by atoms with E-state index >= 15 is 0 Å². The number of aliphatic hydroxyl groups is 1. The number of methoxy groups -OCH3 is 1. The SMILES string of the molecule is COc1cccnc1C(O)C12CC3CC(CC(C3)C1)C2. The van der Waals surface area contributed by atoms with E-state index in [1.807, 2.05) is 12.1 Å². The van der Waals surface area contributed by atoms with Crippen molar-refractivity contribution in [2.75, 3.05) is 7.11 Å². The fourth-order valence-corrected chi connectivity index (χ4v) is 5.58. The number of pyridine rings is 1. The maximum absolute atomic E-state index is 11.1. The van der Waals surface area contributed by atoms with Gasteiger partial charge in [-0.05, 0) is 68.4 Å². The molecule has 0 radical (unpaired) electrons. The van der Waals surface area contributed by atoms with Gasteiger partial charge in [0.05, 0.1) is 7.11 Å². The summed E-state index contributed by atoms with van der Waals surface area (Å²) in [4.78, 5) is 4.43. The summed E-state index contributed by atoms with van der Waals surface area (Å²) in [6, 6.07) is 3.78. The van der Waals surface area contributed by atoms with E-state index in [0.717, 1.165) is 29.2 Å². The summed E-state index contributed by atoms with van der Waals surface area (Å²) in [6.07, 6.45) is 9.02. The lowest BCUT2D eigenvalue weighted by molar-refractivity contribution is -0.123. The molecule has 5 rings (SSSR count). The molecule has 1 atom stereocenters. The highest BCUT2D eigenvalue weighted by atomic mass is 16.5. The van der Waals surface area contributed by atoms with Gasteiger partial charge in [0.2, 0.25) is 0 Å². The van der Waals surface area contributed by atoms with Gasteiger partial charge in [-0.25, -0.2) is 0 Å². The first-order valence-corrected chi connectivity index (χ1v) is 7.87. The van der Waals surface area contributed by atoms with Crippen molar-refractivity contribution in [1.82, 2.24) is 4.98 Å². The summed E-state index contributed by atoms with van der Waals surface area (Å²) in [7, 11) is 1.66. The highest BCUT2D eigenvalue weighted by molar-refractivity contribution is 5.30. The van der Waals surface area contributed by atoms with Crippen LogP contribution in [0.15, 0.2) is 18.3 Å². The van der Waals surface area contributed by atoms with Gasteiger partial charge >= 0.3 is 0 Å². The van der Waals surface area contributed by atoms with Gasteiger partial charge in [-0.15, -0.1) is 0 Å². The molecule has 1 aromatic rings. The van der Waals surface area contributed by atoms with E-state index < -0.39 is 6.10 Å². The minimum absolute atomic E-state index is 0.0659. The second kappa shape index (κ2) is 4.45. The third kappa shape index (κ3) is 1.79. The molecule has 1 unspecified atom stereocenters. The Balaban J connectivity index is 1.69. The van der Waals surface area contributed by atoms with Crippen LogP contribution in [0.1, 0.15) is 50.3 Å². The fourth-order valence-electron chi connectivity index (χ4n) is 5.58. The molecule has 4 saturated carbocycles. The largest absolute Gasteiger partial charge is 0.495 e. The lowest BCUT2D eigenvalue weighted by Crippen LogP contribution is -2.49. The van der Waals surface area contributed by atoms with Crippen LogP contribution in [0.4, 0.5) is 0 Å². The molecule has 4 bridgehead atoms. The van der Waals surface area contributed by atoms with Crippen LogP contribution in [-0.4, -0.2) is 17.2 Å². The topological polar surface area (TPSA) is 42.4 Å².